The van der Waals surface area contributed by atoms with Crippen molar-refractivity contribution >= 4 is 26.2 Å². The minimum atomic E-state index is -2.24. The molecule has 176 valence electrons. The van der Waals surface area contributed by atoms with Crippen LogP contribution in [0.25, 0.3) is 0 Å². The fourth-order valence-corrected chi connectivity index (χ4v) is 5.03. The molecule has 1 aromatic rings. The smallest absolute Gasteiger partial charge is 0.410 e. The average molecular weight is 463 g/mol. The van der Waals surface area contributed by atoms with Crippen LogP contribution in [-0.4, -0.2) is 67.1 Å². The van der Waals surface area contributed by atoms with Crippen molar-refractivity contribution in [1.29, 1.82) is 0 Å². The second-order valence-electron chi connectivity index (χ2n) is 11.1. The molecule has 3 amide bonds. The van der Waals surface area contributed by atoms with Gasteiger partial charge in [-0.05, 0) is 51.0 Å². The lowest BCUT2D eigenvalue weighted by Crippen LogP contribution is -2.71. The first-order valence-electron chi connectivity index (χ1n) is 10.8. The van der Waals surface area contributed by atoms with Crippen LogP contribution in [-0.2, 0) is 14.0 Å². The number of carbonyl (C=O) groups is 3. The molecule has 0 unspecified atom stereocenters. The van der Waals surface area contributed by atoms with Gasteiger partial charge < -0.3 is 14.1 Å². The van der Waals surface area contributed by atoms with Gasteiger partial charge in [0.05, 0.1) is 24.2 Å². The number of likely N-dealkylation sites (tertiary alicyclic amines) is 1. The molecule has 1 fully saturated rings. The Morgan fingerprint density at radius 3 is 1.94 bits per heavy atom. The number of amides is 3. The van der Waals surface area contributed by atoms with Crippen molar-refractivity contribution in [1.82, 2.24) is 9.96 Å². The number of hydroxylamine groups is 2. The topological polar surface area (TPSA) is 85.4 Å². The second-order valence-corrected chi connectivity index (χ2v) is 15.8. The van der Waals surface area contributed by atoms with Crippen LogP contribution in [0, 0.1) is 0 Å². The van der Waals surface area contributed by atoms with Gasteiger partial charge in [-0.2, -0.15) is 0 Å². The summed E-state index contributed by atoms with van der Waals surface area (Å²) in [7, 11) is -2.24. The second kappa shape index (κ2) is 7.97. The zero-order chi connectivity index (χ0) is 24.1. The fourth-order valence-electron chi connectivity index (χ4n) is 3.45. The van der Waals surface area contributed by atoms with Crippen LogP contribution >= 0.6 is 0 Å². The van der Waals surface area contributed by atoms with E-state index in [1.807, 2.05) is 20.8 Å². The Bertz CT molecular complexity index is 890. The SMILES string of the molecule is CC(C)(C)OC(=O)N1CC(CON2C(=O)c3ccccc3C2=O)(O[Si](C)(C)C(C)(C)C)C1. The fraction of sp³-hybridized carbons (Fsp3) is 0.609. The van der Waals surface area contributed by atoms with E-state index in [9.17, 15) is 14.4 Å². The number of imide groups is 1. The number of fused-ring (bicyclic) bond motifs is 1. The summed E-state index contributed by atoms with van der Waals surface area (Å²) in [6.07, 6.45) is -0.423. The third-order valence-corrected chi connectivity index (χ3v) is 10.7. The molecule has 2 aliphatic heterocycles. The van der Waals surface area contributed by atoms with E-state index < -0.39 is 37.4 Å². The number of hydrogen-bond donors (Lipinski definition) is 0. The lowest BCUT2D eigenvalue weighted by molar-refractivity contribution is -0.179. The maximum atomic E-state index is 12.7. The number of carbonyl (C=O) groups excluding carboxylic acids is 3. The normalized spacial score (nSPS) is 18.5. The van der Waals surface area contributed by atoms with E-state index >= 15 is 0 Å². The predicted octanol–water partition coefficient (Wildman–Crippen LogP) is 4.23. The molecule has 0 aromatic heterocycles. The maximum Gasteiger partial charge on any atom is 0.410 e. The molecule has 0 N–H and O–H groups in total. The van der Waals surface area contributed by atoms with E-state index in [0.717, 1.165) is 5.06 Å². The Morgan fingerprint density at radius 1 is 1.00 bits per heavy atom. The van der Waals surface area contributed by atoms with Crippen LogP contribution in [0.1, 0.15) is 62.3 Å². The number of ether oxygens (including phenoxy) is 1. The van der Waals surface area contributed by atoms with Crippen molar-refractivity contribution < 1.29 is 28.4 Å². The highest BCUT2D eigenvalue weighted by Crippen LogP contribution is 2.42. The summed E-state index contributed by atoms with van der Waals surface area (Å²) in [4.78, 5) is 45.2. The predicted molar refractivity (Wildman–Crippen MR) is 122 cm³/mol. The van der Waals surface area contributed by atoms with E-state index in [4.69, 9.17) is 14.0 Å². The molecule has 0 spiro atoms. The molecule has 0 saturated carbocycles. The van der Waals surface area contributed by atoms with Gasteiger partial charge in [-0.25, -0.2) is 4.79 Å². The van der Waals surface area contributed by atoms with Gasteiger partial charge in [-0.15, -0.1) is 5.06 Å². The Morgan fingerprint density at radius 2 is 1.50 bits per heavy atom. The molecule has 3 rings (SSSR count). The Labute approximate surface area is 190 Å². The van der Waals surface area contributed by atoms with E-state index in [0.29, 0.717) is 11.1 Å². The third-order valence-electron chi connectivity index (χ3n) is 6.10. The van der Waals surface area contributed by atoms with Crippen molar-refractivity contribution in [2.75, 3.05) is 19.7 Å². The molecule has 1 aromatic carbocycles. The average Bonchev–Trinajstić information content (AvgIpc) is 2.85. The quantitative estimate of drug-likeness (QED) is 0.481. The third kappa shape index (κ3) is 4.74. The molecule has 0 aliphatic carbocycles. The summed E-state index contributed by atoms with van der Waals surface area (Å²) >= 11 is 0. The van der Waals surface area contributed by atoms with Crippen LogP contribution in [0.2, 0.25) is 18.1 Å². The van der Waals surface area contributed by atoms with Crippen molar-refractivity contribution in [3.63, 3.8) is 0 Å². The molecule has 1 saturated heterocycles. The lowest BCUT2D eigenvalue weighted by atomic mass is 9.96. The summed E-state index contributed by atoms with van der Waals surface area (Å²) in [6, 6.07) is 6.63. The first-order valence-corrected chi connectivity index (χ1v) is 13.7. The van der Waals surface area contributed by atoms with Crippen LogP contribution in [0.4, 0.5) is 4.79 Å². The van der Waals surface area contributed by atoms with Gasteiger partial charge in [0.15, 0.2) is 8.32 Å². The van der Waals surface area contributed by atoms with Crippen molar-refractivity contribution in [3.05, 3.63) is 35.4 Å². The van der Waals surface area contributed by atoms with Gasteiger partial charge in [-0.3, -0.25) is 14.4 Å². The van der Waals surface area contributed by atoms with Gasteiger partial charge in [0.1, 0.15) is 17.8 Å². The lowest BCUT2D eigenvalue weighted by Gasteiger charge is -2.54. The summed E-state index contributed by atoms with van der Waals surface area (Å²) < 4.78 is 12.1. The Balaban J connectivity index is 1.76. The van der Waals surface area contributed by atoms with Gasteiger partial charge in [-0.1, -0.05) is 32.9 Å². The highest BCUT2D eigenvalue weighted by Gasteiger charge is 2.54. The molecule has 32 heavy (non-hydrogen) atoms. The summed E-state index contributed by atoms with van der Waals surface area (Å²) in [5.41, 5.74) is -0.789. The summed E-state index contributed by atoms with van der Waals surface area (Å²) in [6.45, 7) is 16.6. The minimum Gasteiger partial charge on any atom is -0.444 e. The number of benzene rings is 1. The van der Waals surface area contributed by atoms with Gasteiger partial charge in [0.25, 0.3) is 11.8 Å². The summed E-state index contributed by atoms with van der Waals surface area (Å²) in [5.74, 6) is -0.979. The number of nitrogens with zero attached hydrogens (tertiary/aromatic N) is 2. The molecule has 2 aliphatic rings. The highest BCUT2D eigenvalue weighted by molar-refractivity contribution is 6.74. The van der Waals surface area contributed by atoms with Crippen LogP contribution in [0.5, 0.6) is 0 Å². The molecule has 8 nitrogen and oxygen atoms in total. The molecule has 0 radical (unpaired) electrons. The van der Waals surface area contributed by atoms with Crippen LogP contribution in [0.15, 0.2) is 24.3 Å². The van der Waals surface area contributed by atoms with Gasteiger partial charge in [0.2, 0.25) is 0 Å². The van der Waals surface area contributed by atoms with E-state index in [1.54, 1.807) is 29.2 Å². The first kappa shape index (κ1) is 24.4. The number of rotatable bonds is 5. The zero-order valence-electron chi connectivity index (χ0n) is 20.3. The number of hydrogen-bond acceptors (Lipinski definition) is 6. The van der Waals surface area contributed by atoms with Crippen molar-refractivity contribution in [3.8, 4) is 0 Å². The highest BCUT2D eigenvalue weighted by atomic mass is 28.4. The first-order chi connectivity index (χ1) is 14.6. The molecular weight excluding hydrogens is 428 g/mol. The molecule has 9 heteroatoms. The summed E-state index contributed by atoms with van der Waals surface area (Å²) in [5, 5.41) is 0.736. The largest absolute Gasteiger partial charge is 0.444 e. The molecule has 0 bridgehead atoms. The monoisotopic (exact) mass is 462 g/mol. The Kier molecular flexibility index (Phi) is 6.08. The minimum absolute atomic E-state index is 0.0235. The van der Waals surface area contributed by atoms with Crippen molar-refractivity contribution in [2.24, 2.45) is 0 Å². The molecule has 2 heterocycles. The maximum absolute atomic E-state index is 12.7. The van der Waals surface area contributed by atoms with E-state index in [-0.39, 0.29) is 24.7 Å². The van der Waals surface area contributed by atoms with E-state index in [2.05, 4.69) is 33.9 Å². The zero-order valence-corrected chi connectivity index (χ0v) is 21.3. The standard InChI is InChI=1S/C23H34N2O6Si/c1-21(2,3)30-20(28)24-13-23(14-24,31-32(7,8)22(4,5)6)15-29-25-18(26)16-11-9-10-12-17(16)19(25)27/h9-12H,13-15H2,1-8H3. The Hall–Kier alpha value is -2.23. The van der Waals surface area contributed by atoms with E-state index in [1.165, 1.54) is 0 Å². The van der Waals surface area contributed by atoms with Gasteiger partial charge in [0, 0.05) is 0 Å². The molecular formula is C23H34N2O6Si. The van der Waals surface area contributed by atoms with Crippen molar-refractivity contribution in [2.45, 2.75) is 70.9 Å². The van der Waals surface area contributed by atoms with Crippen LogP contribution in [0.3, 0.4) is 0 Å². The van der Waals surface area contributed by atoms with Crippen LogP contribution < -0.4 is 0 Å². The van der Waals surface area contributed by atoms with Gasteiger partial charge >= 0.3 is 6.09 Å². The molecule has 0 atom stereocenters.